The van der Waals surface area contributed by atoms with Crippen LogP contribution in [0.15, 0.2) is 24.3 Å². The quantitative estimate of drug-likeness (QED) is 0.772. The molecule has 2 heterocycles. The largest absolute Gasteiger partial charge is 0.381 e. The van der Waals surface area contributed by atoms with Crippen molar-refractivity contribution in [1.82, 2.24) is 15.0 Å². The number of rotatable bonds is 3. The fourth-order valence-corrected chi connectivity index (χ4v) is 2.92. The van der Waals surface area contributed by atoms with Gasteiger partial charge in [-0.25, -0.2) is 15.0 Å². The fraction of sp³-hybridized carbons (Fsp3) is 0.214. The molecule has 0 aliphatic heterocycles. The third-order valence-corrected chi connectivity index (χ3v) is 3.98. The predicted octanol–water partition coefficient (Wildman–Crippen LogP) is 3.28. The zero-order valence-corrected chi connectivity index (χ0v) is 12.2. The van der Waals surface area contributed by atoms with E-state index in [4.69, 9.17) is 5.73 Å². The molecule has 0 atom stereocenters. The van der Waals surface area contributed by atoms with Crippen LogP contribution in [0.1, 0.15) is 17.5 Å². The van der Waals surface area contributed by atoms with Gasteiger partial charge in [0.1, 0.15) is 0 Å². The van der Waals surface area contributed by atoms with Crippen molar-refractivity contribution in [3.8, 4) is 0 Å². The van der Waals surface area contributed by atoms with Crippen molar-refractivity contribution in [1.29, 1.82) is 0 Å². The SMILES string of the molecule is CCc1nc(Nc2nc3ccccc3nc2N)sc1C. The van der Waals surface area contributed by atoms with E-state index in [0.717, 1.165) is 28.3 Å². The molecule has 0 radical (unpaired) electrons. The summed E-state index contributed by atoms with van der Waals surface area (Å²) in [4.78, 5) is 14.6. The number of nitrogens with zero attached hydrogens (tertiary/aromatic N) is 3. The summed E-state index contributed by atoms with van der Waals surface area (Å²) >= 11 is 1.60. The van der Waals surface area contributed by atoms with E-state index < -0.39 is 0 Å². The maximum absolute atomic E-state index is 5.95. The predicted molar refractivity (Wildman–Crippen MR) is 83.5 cm³/mol. The van der Waals surface area contributed by atoms with Crippen LogP contribution in [-0.4, -0.2) is 15.0 Å². The molecule has 0 amide bonds. The standard InChI is InChI=1S/C14H15N5S/c1-3-9-8(2)20-14(18-9)19-13-12(15)16-10-6-4-5-7-11(10)17-13/h4-7H,3H2,1-2H3,(H2,15,16)(H,17,18,19). The van der Waals surface area contributed by atoms with Gasteiger partial charge in [0.15, 0.2) is 16.8 Å². The molecule has 5 nitrogen and oxygen atoms in total. The van der Waals surface area contributed by atoms with Crippen molar-refractivity contribution in [3.63, 3.8) is 0 Å². The van der Waals surface area contributed by atoms with Crippen LogP contribution in [0.5, 0.6) is 0 Å². The van der Waals surface area contributed by atoms with Crippen molar-refractivity contribution < 1.29 is 0 Å². The second kappa shape index (κ2) is 5.05. The number of aromatic nitrogens is 3. The van der Waals surface area contributed by atoms with E-state index in [-0.39, 0.29) is 0 Å². The average Bonchev–Trinajstić information content (AvgIpc) is 2.79. The minimum atomic E-state index is 0.384. The first kappa shape index (κ1) is 12.8. The maximum Gasteiger partial charge on any atom is 0.188 e. The number of anilines is 3. The molecule has 1 aromatic carbocycles. The van der Waals surface area contributed by atoms with E-state index in [2.05, 4.69) is 34.1 Å². The van der Waals surface area contributed by atoms with Gasteiger partial charge in [-0.3, -0.25) is 0 Å². The Morgan fingerprint density at radius 3 is 2.50 bits per heavy atom. The Hall–Kier alpha value is -2.21. The lowest BCUT2D eigenvalue weighted by Crippen LogP contribution is -2.02. The van der Waals surface area contributed by atoms with Crippen LogP contribution in [0, 0.1) is 6.92 Å². The van der Waals surface area contributed by atoms with Gasteiger partial charge in [-0.2, -0.15) is 0 Å². The van der Waals surface area contributed by atoms with Crippen molar-refractivity contribution in [3.05, 3.63) is 34.8 Å². The smallest absolute Gasteiger partial charge is 0.188 e. The molecule has 6 heteroatoms. The van der Waals surface area contributed by atoms with Crippen LogP contribution in [0.25, 0.3) is 11.0 Å². The van der Waals surface area contributed by atoms with E-state index in [0.29, 0.717) is 11.6 Å². The summed E-state index contributed by atoms with van der Waals surface area (Å²) in [5.41, 5.74) is 8.66. The van der Waals surface area contributed by atoms with E-state index in [1.54, 1.807) is 11.3 Å². The van der Waals surface area contributed by atoms with Gasteiger partial charge in [-0.1, -0.05) is 19.1 Å². The van der Waals surface area contributed by atoms with Gasteiger partial charge in [0.2, 0.25) is 0 Å². The summed E-state index contributed by atoms with van der Waals surface area (Å²) in [5.74, 6) is 0.940. The zero-order valence-electron chi connectivity index (χ0n) is 11.3. The van der Waals surface area contributed by atoms with Gasteiger partial charge in [0.05, 0.1) is 16.7 Å². The summed E-state index contributed by atoms with van der Waals surface area (Å²) in [5, 5.41) is 3.97. The van der Waals surface area contributed by atoms with E-state index in [1.807, 2.05) is 24.3 Å². The number of nitrogens with two attached hydrogens (primary N) is 1. The van der Waals surface area contributed by atoms with Crippen LogP contribution >= 0.6 is 11.3 Å². The summed E-state index contributed by atoms with van der Waals surface area (Å²) < 4.78 is 0. The lowest BCUT2D eigenvalue weighted by atomic mass is 10.3. The second-order valence-corrected chi connectivity index (χ2v) is 5.65. The topological polar surface area (TPSA) is 76.7 Å². The molecule has 3 N–H and O–H groups in total. The van der Waals surface area contributed by atoms with Crippen LogP contribution < -0.4 is 11.1 Å². The number of aryl methyl sites for hydroxylation is 2. The number of thiazole rings is 1. The summed E-state index contributed by atoms with van der Waals surface area (Å²) in [6, 6.07) is 7.66. The molecule has 3 aromatic rings. The minimum Gasteiger partial charge on any atom is -0.381 e. The Balaban J connectivity index is 1.99. The number of benzene rings is 1. The number of nitrogen functional groups attached to an aromatic ring is 1. The number of para-hydroxylation sites is 2. The molecule has 0 aliphatic carbocycles. The molecular weight excluding hydrogens is 270 g/mol. The third-order valence-electron chi connectivity index (χ3n) is 3.05. The average molecular weight is 285 g/mol. The molecule has 102 valence electrons. The molecule has 2 aromatic heterocycles. The molecule has 0 spiro atoms. The third kappa shape index (κ3) is 2.30. The highest BCUT2D eigenvalue weighted by Crippen LogP contribution is 2.27. The molecular formula is C14H15N5S. The Kier molecular flexibility index (Phi) is 3.23. The van der Waals surface area contributed by atoms with Gasteiger partial charge in [-0.15, -0.1) is 11.3 Å². The van der Waals surface area contributed by atoms with Gasteiger partial charge in [0.25, 0.3) is 0 Å². The van der Waals surface area contributed by atoms with E-state index in [9.17, 15) is 0 Å². The number of fused-ring (bicyclic) bond motifs is 1. The lowest BCUT2D eigenvalue weighted by Gasteiger charge is -2.06. The molecule has 0 saturated heterocycles. The molecule has 20 heavy (non-hydrogen) atoms. The van der Waals surface area contributed by atoms with E-state index >= 15 is 0 Å². The molecule has 0 fully saturated rings. The van der Waals surface area contributed by atoms with E-state index in [1.165, 1.54) is 4.88 Å². The fourth-order valence-electron chi connectivity index (χ4n) is 2.02. The van der Waals surface area contributed by atoms with Gasteiger partial charge >= 0.3 is 0 Å². The normalized spacial score (nSPS) is 10.9. The number of nitrogens with one attached hydrogen (secondary N) is 1. The first-order chi connectivity index (χ1) is 9.67. The number of hydrogen-bond acceptors (Lipinski definition) is 6. The van der Waals surface area contributed by atoms with Crippen LogP contribution in [0.2, 0.25) is 0 Å². The highest BCUT2D eigenvalue weighted by atomic mass is 32.1. The number of hydrogen-bond donors (Lipinski definition) is 2. The zero-order chi connectivity index (χ0) is 14.1. The monoisotopic (exact) mass is 285 g/mol. The summed E-state index contributed by atoms with van der Waals surface area (Å²) in [6.45, 7) is 4.16. The molecule has 0 bridgehead atoms. The van der Waals surface area contributed by atoms with Gasteiger partial charge in [0, 0.05) is 4.88 Å². The molecule has 0 saturated carbocycles. The lowest BCUT2D eigenvalue weighted by molar-refractivity contribution is 1.04. The molecule has 0 unspecified atom stereocenters. The highest BCUT2D eigenvalue weighted by Gasteiger charge is 2.10. The minimum absolute atomic E-state index is 0.384. The van der Waals surface area contributed by atoms with Crippen molar-refractivity contribution in [2.45, 2.75) is 20.3 Å². The first-order valence-corrected chi connectivity index (χ1v) is 7.24. The summed E-state index contributed by atoms with van der Waals surface area (Å²) in [7, 11) is 0. The van der Waals surface area contributed by atoms with Crippen LogP contribution in [0.4, 0.5) is 16.8 Å². The van der Waals surface area contributed by atoms with Crippen molar-refractivity contribution in [2.75, 3.05) is 11.1 Å². The van der Waals surface area contributed by atoms with Crippen LogP contribution in [0.3, 0.4) is 0 Å². The highest BCUT2D eigenvalue weighted by molar-refractivity contribution is 7.15. The molecule has 3 rings (SSSR count). The second-order valence-electron chi connectivity index (χ2n) is 4.45. The Morgan fingerprint density at radius 1 is 1.15 bits per heavy atom. The Morgan fingerprint density at radius 2 is 1.85 bits per heavy atom. The maximum atomic E-state index is 5.95. The van der Waals surface area contributed by atoms with Gasteiger partial charge in [-0.05, 0) is 25.5 Å². The first-order valence-electron chi connectivity index (χ1n) is 6.43. The van der Waals surface area contributed by atoms with Gasteiger partial charge < -0.3 is 11.1 Å². The van der Waals surface area contributed by atoms with Crippen molar-refractivity contribution in [2.24, 2.45) is 0 Å². The van der Waals surface area contributed by atoms with Crippen LogP contribution in [-0.2, 0) is 6.42 Å². The Bertz CT molecular complexity index is 765. The summed E-state index contributed by atoms with van der Waals surface area (Å²) in [6.07, 6.45) is 0.920. The van der Waals surface area contributed by atoms with Crippen molar-refractivity contribution >= 4 is 39.1 Å². The molecule has 0 aliphatic rings. The Labute approximate surface area is 120 Å².